The lowest BCUT2D eigenvalue weighted by atomic mass is 10.1. The van der Waals surface area contributed by atoms with Crippen molar-refractivity contribution in [2.75, 3.05) is 12.4 Å². The Labute approximate surface area is 130 Å². The summed E-state index contributed by atoms with van der Waals surface area (Å²) in [5.41, 5.74) is 7.12. The summed E-state index contributed by atoms with van der Waals surface area (Å²) in [6.45, 7) is 2.66. The number of hydrogen-bond donors (Lipinski definition) is 1. The fourth-order valence-electron chi connectivity index (χ4n) is 1.86. The molecule has 0 aliphatic carbocycles. The molecule has 0 unspecified atom stereocenters. The fraction of sp³-hybridized carbons (Fsp3) is 0.235. The maximum atomic E-state index is 5.95. The van der Waals surface area contributed by atoms with Gasteiger partial charge in [-0.1, -0.05) is 60.3 Å². The van der Waals surface area contributed by atoms with Crippen LogP contribution in [-0.4, -0.2) is 17.5 Å². The van der Waals surface area contributed by atoms with E-state index in [2.05, 4.69) is 17.1 Å². The minimum Gasteiger partial charge on any atom is -0.493 e. The number of nitrogens with zero attached hydrogens (tertiary/aromatic N) is 1. The molecule has 0 spiro atoms. The van der Waals surface area contributed by atoms with E-state index < -0.39 is 0 Å². The Morgan fingerprint density at radius 2 is 1.71 bits per heavy atom. The Bertz CT molecular complexity index is 558. The summed E-state index contributed by atoms with van der Waals surface area (Å²) in [4.78, 5) is 4.49. The molecule has 0 aromatic heterocycles. The number of ether oxygens (including phenoxy) is 1. The quantitative estimate of drug-likeness (QED) is 0.500. The van der Waals surface area contributed by atoms with E-state index in [1.54, 1.807) is 0 Å². The summed E-state index contributed by atoms with van der Waals surface area (Å²) in [5, 5.41) is 0.600. The van der Waals surface area contributed by atoms with Gasteiger partial charge in [0.2, 0.25) is 0 Å². The highest BCUT2D eigenvalue weighted by Gasteiger charge is 2.04. The van der Waals surface area contributed by atoms with Crippen molar-refractivity contribution in [3.05, 3.63) is 66.2 Å². The Morgan fingerprint density at radius 1 is 1.10 bits per heavy atom. The second kappa shape index (κ2) is 8.37. The summed E-state index contributed by atoms with van der Waals surface area (Å²) in [5.74, 6) is 1.66. The number of rotatable bonds is 6. The van der Waals surface area contributed by atoms with Crippen molar-refractivity contribution in [3.8, 4) is 5.75 Å². The van der Waals surface area contributed by atoms with E-state index in [1.165, 1.54) is 17.3 Å². The molecule has 0 aliphatic rings. The lowest BCUT2D eigenvalue weighted by Gasteiger charge is -2.09. The molecule has 0 saturated carbocycles. The summed E-state index contributed by atoms with van der Waals surface area (Å²) in [7, 11) is 0. The summed E-state index contributed by atoms with van der Waals surface area (Å²) in [6.07, 6.45) is 0. The summed E-state index contributed by atoms with van der Waals surface area (Å²) < 4.78 is 5.61. The van der Waals surface area contributed by atoms with Gasteiger partial charge >= 0.3 is 0 Å². The van der Waals surface area contributed by atoms with E-state index in [1.807, 2.05) is 55.5 Å². The van der Waals surface area contributed by atoms with Crippen LogP contribution < -0.4 is 10.5 Å². The van der Waals surface area contributed by atoms with E-state index in [9.17, 15) is 0 Å². The monoisotopic (exact) mass is 300 g/mol. The molecule has 0 saturated heterocycles. The minimum absolute atomic E-state index is 0.0775. The fourth-order valence-corrected chi connectivity index (χ4v) is 2.47. The molecular weight excluding hydrogens is 280 g/mol. The average molecular weight is 300 g/mol. The van der Waals surface area contributed by atoms with Crippen LogP contribution in [0.5, 0.6) is 5.75 Å². The van der Waals surface area contributed by atoms with Crippen molar-refractivity contribution in [1.29, 1.82) is 0 Å². The van der Waals surface area contributed by atoms with Gasteiger partial charge in [-0.15, -0.1) is 0 Å². The first-order valence-electron chi connectivity index (χ1n) is 6.94. The highest BCUT2D eigenvalue weighted by atomic mass is 32.2. The van der Waals surface area contributed by atoms with Crippen LogP contribution in [-0.2, 0) is 0 Å². The first-order valence-corrected chi connectivity index (χ1v) is 7.93. The molecule has 0 aliphatic heterocycles. The molecule has 0 radical (unpaired) electrons. The van der Waals surface area contributed by atoms with Gasteiger partial charge in [0.25, 0.3) is 0 Å². The van der Waals surface area contributed by atoms with Crippen molar-refractivity contribution < 1.29 is 4.74 Å². The molecule has 0 heterocycles. The number of nitrogens with two attached hydrogens (primary N) is 1. The standard InChI is InChI=1S/C17H20N2OS/c1-14(15-8-4-2-5-9-15)19-17(18)21-13-12-20-16-10-6-3-7-11-16/h2-11,14H,12-13H2,1H3,(H2,18,19)/t14-/m0/s1. The first-order chi connectivity index (χ1) is 10.3. The number of para-hydroxylation sites is 1. The van der Waals surface area contributed by atoms with E-state index in [0.717, 1.165) is 11.5 Å². The molecular formula is C17H20N2OS. The van der Waals surface area contributed by atoms with Crippen molar-refractivity contribution >= 4 is 16.9 Å². The normalized spacial score (nSPS) is 12.9. The number of aliphatic imine (C=N–C) groups is 1. The van der Waals surface area contributed by atoms with Gasteiger partial charge in [0.1, 0.15) is 5.75 Å². The Balaban J connectivity index is 1.74. The van der Waals surface area contributed by atoms with Crippen LogP contribution in [0.2, 0.25) is 0 Å². The molecule has 21 heavy (non-hydrogen) atoms. The van der Waals surface area contributed by atoms with E-state index in [-0.39, 0.29) is 6.04 Å². The van der Waals surface area contributed by atoms with Crippen molar-refractivity contribution in [1.82, 2.24) is 0 Å². The molecule has 1 atom stereocenters. The van der Waals surface area contributed by atoms with Gasteiger partial charge in [-0.05, 0) is 24.6 Å². The van der Waals surface area contributed by atoms with E-state index >= 15 is 0 Å². The third kappa shape index (κ3) is 5.52. The second-order valence-electron chi connectivity index (χ2n) is 4.56. The SMILES string of the molecule is C[C@H](N=C(N)SCCOc1ccccc1)c1ccccc1. The lowest BCUT2D eigenvalue weighted by Crippen LogP contribution is -2.11. The Kier molecular flexibility index (Phi) is 6.16. The predicted molar refractivity (Wildman–Crippen MR) is 90.9 cm³/mol. The predicted octanol–water partition coefficient (Wildman–Crippen LogP) is 3.87. The van der Waals surface area contributed by atoms with Gasteiger partial charge in [-0.3, -0.25) is 4.99 Å². The zero-order valence-corrected chi connectivity index (χ0v) is 12.9. The number of benzene rings is 2. The van der Waals surface area contributed by atoms with Crippen molar-refractivity contribution in [2.45, 2.75) is 13.0 Å². The largest absolute Gasteiger partial charge is 0.493 e. The van der Waals surface area contributed by atoms with Crippen LogP contribution >= 0.6 is 11.8 Å². The topological polar surface area (TPSA) is 47.6 Å². The van der Waals surface area contributed by atoms with Crippen LogP contribution in [0.25, 0.3) is 0 Å². The Morgan fingerprint density at radius 3 is 2.38 bits per heavy atom. The van der Waals surface area contributed by atoms with Crippen LogP contribution in [0.4, 0.5) is 0 Å². The molecule has 110 valence electrons. The number of thioether (sulfide) groups is 1. The van der Waals surface area contributed by atoms with E-state index in [4.69, 9.17) is 10.5 Å². The number of amidine groups is 1. The molecule has 3 nitrogen and oxygen atoms in total. The van der Waals surface area contributed by atoms with Gasteiger partial charge in [0.15, 0.2) is 5.17 Å². The summed E-state index contributed by atoms with van der Waals surface area (Å²) in [6, 6.07) is 20.0. The van der Waals surface area contributed by atoms with Crippen LogP contribution in [0.3, 0.4) is 0 Å². The highest BCUT2D eigenvalue weighted by molar-refractivity contribution is 8.13. The molecule has 0 fully saturated rings. The first kappa shape index (κ1) is 15.4. The van der Waals surface area contributed by atoms with E-state index in [0.29, 0.717) is 11.8 Å². The molecule has 2 aromatic carbocycles. The molecule has 0 amide bonds. The summed E-state index contributed by atoms with van der Waals surface area (Å²) >= 11 is 1.52. The average Bonchev–Trinajstić information content (AvgIpc) is 2.53. The molecule has 2 N–H and O–H groups in total. The van der Waals surface area contributed by atoms with Crippen molar-refractivity contribution in [2.24, 2.45) is 10.7 Å². The molecule has 2 rings (SSSR count). The number of hydrogen-bond acceptors (Lipinski definition) is 3. The Hall–Kier alpha value is -1.94. The maximum Gasteiger partial charge on any atom is 0.154 e. The van der Waals surface area contributed by atoms with Crippen molar-refractivity contribution in [3.63, 3.8) is 0 Å². The van der Waals surface area contributed by atoms with Crippen LogP contribution in [0.15, 0.2) is 65.7 Å². The second-order valence-corrected chi connectivity index (χ2v) is 5.68. The lowest BCUT2D eigenvalue weighted by molar-refractivity contribution is 0.344. The molecule has 2 aromatic rings. The zero-order chi connectivity index (χ0) is 14.9. The zero-order valence-electron chi connectivity index (χ0n) is 12.1. The van der Waals surface area contributed by atoms with Gasteiger partial charge in [0.05, 0.1) is 12.6 Å². The smallest absolute Gasteiger partial charge is 0.154 e. The van der Waals surface area contributed by atoms with Crippen LogP contribution in [0, 0.1) is 0 Å². The van der Waals surface area contributed by atoms with Gasteiger partial charge in [0, 0.05) is 5.75 Å². The third-order valence-electron chi connectivity index (χ3n) is 2.95. The highest BCUT2D eigenvalue weighted by Crippen LogP contribution is 2.17. The molecule has 0 bridgehead atoms. The maximum absolute atomic E-state index is 5.95. The van der Waals surface area contributed by atoms with Gasteiger partial charge < -0.3 is 10.5 Å². The van der Waals surface area contributed by atoms with Gasteiger partial charge in [-0.2, -0.15) is 0 Å². The van der Waals surface area contributed by atoms with Crippen LogP contribution in [0.1, 0.15) is 18.5 Å². The third-order valence-corrected chi connectivity index (χ3v) is 3.72. The minimum atomic E-state index is 0.0775. The van der Waals surface area contributed by atoms with Gasteiger partial charge in [-0.25, -0.2) is 0 Å². The molecule has 4 heteroatoms.